The molecule has 7 nitrogen and oxygen atoms in total. The number of aromatic carboxylic acids is 1. The second-order valence-electron chi connectivity index (χ2n) is 6.70. The number of carboxylic acids is 1. The van der Waals surface area contributed by atoms with Gasteiger partial charge < -0.3 is 14.6 Å². The van der Waals surface area contributed by atoms with E-state index in [9.17, 15) is 19.5 Å². The maximum absolute atomic E-state index is 12.5. The van der Waals surface area contributed by atoms with E-state index in [2.05, 4.69) is 21.2 Å². The van der Waals surface area contributed by atoms with Crippen molar-refractivity contribution in [3.8, 4) is 11.1 Å². The molecule has 0 saturated heterocycles. The predicted octanol–water partition coefficient (Wildman–Crippen LogP) is 5.36. The second kappa shape index (κ2) is 8.52. The number of anilines is 1. The summed E-state index contributed by atoms with van der Waals surface area (Å²) in [7, 11) is 1.17. The first-order chi connectivity index (χ1) is 14.9. The summed E-state index contributed by atoms with van der Waals surface area (Å²) in [4.78, 5) is 35.9. The quantitative estimate of drug-likeness (QED) is 0.456. The number of amides is 1. The van der Waals surface area contributed by atoms with E-state index in [-0.39, 0.29) is 32.4 Å². The van der Waals surface area contributed by atoms with E-state index >= 15 is 0 Å². The third-order valence-electron chi connectivity index (χ3n) is 4.99. The zero-order chi connectivity index (χ0) is 22.1. The van der Waals surface area contributed by atoms with E-state index in [1.807, 2.05) is 48.5 Å². The number of thiophene rings is 1. The summed E-state index contributed by atoms with van der Waals surface area (Å²) in [6.45, 7) is 0.0890. The third kappa shape index (κ3) is 3.82. The summed E-state index contributed by atoms with van der Waals surface area (Å²) in [6.07, 6.45) is -0.794. The van der Waals surface area contributed by atoms with Gasteiger partial charge in [-0.1, -0.05) is 48.5 Å². The number of halogens is 1. The van der Waals surface area contributed by atoms with E-state index in [0.717, 1.165) is 33.6 Å². The number of benzene rings is 2. The minimum atomic E-state index is -1.23. The van der Waals surface area contributed by atoms with Crippen LogP contribution in [0.15, 0.2) is 53.0 Å². The van der Waals surface area contributed by atoms with Crippen LogP contribution in [0.5, 0.6) is 0 Å². The Hall–Kier alpha value is -3.17. The highest BCUT2D eigenvalue weighted by Crippen LogP contribution is 2.44. The largest absolute Gasteiger partial charge is 0.477 e. The van der Waals surface area contributed by atoms with Gasteiger partial charge in [0.05, 0.1) is 11.6 Å². The summed E-state index contributed by atoms with van der Waals surface area (Å²) in [6, 6.07) is 15.9. The lowest BCUT2D eigenvalue weighted by molar-refractivity contribution is 0.0601. The Bertz CT molecular complexity index is 1160. The van der Waals surface area contributed by atoms with Crippen LogP contribution in [0, 0.1) is 0 Å². The molecular formula is C22H16BrNO6S. The summed E-state index contributed by atoms with van der Waals surface area (Å²) in [5.74, 6) is -2.13. The highest BCUT2D eigenvalue weighted by Gasteiger charge is 2.30. The van der Waals surface area contributed by atoms with Crippen molar-refractivity contribution in [2.45, 2.75) is 5.92 Å². The number of methoxy groups -OCH3 is 1. The number of carbonyl (C=O) groups is 3. The molecule has 1 aliphatic carbocycles. The molecule has 0 aliphatic heterocycles. The Morgan fingerprint density at radius 1 is 1.06 bits per heavy atom. The van der Waals surface area contributed by atoms with Crippen LogP contribution in [0.25, 0.3) is 11.1 Å². The van der Waals surface area contributed by atoms with Crippen molar-refractivity contribution in [1.29, 1.82) is 0 Å². The number of hydrogen-bond donors (Lipinski definition) is 2. The lowest BCUT2D eigenvalue weighted by atomic mass is 9.98. The molecule has 158 valence electrons. The number of nitrogens with one attached hydrogen (secondary N) is 1. The van der Waals surface area contributed by atoms with Gasteiger partial charge in [0.15, 0.2) is 0 Å². The summed E-state index contributed by atoms with van der Waals surface area (Å²) in [5.41, 5.74) is 4.28. The molecule has 0 atom stereocenters. The summed E-state index contributed by atoms with van der Waals surface area (Å²) in [5, 5.41) is 11.8. The Balaban J connectivity index is 1.54. The minimum Gasteiger partial charge on any atom is -0.477 e. The first kappa shape index (κ1) is 21.1. The molecule has 0 saturated carbocycles. The number of ether oxygens (including phenoxy) is 2. The topological polar surface area (TPSA) is 102 Å². The number of fused-ring (bicyclic) bond motifs is 3. The molecule has 0 fully saturated rings. The summed E-state index contributed by atoms with van der Waals surface area (Å²) >= 11 is 3.84. The fourth-order valence-corrected chi connectivity index (χ4v) is 5.46. The molecule has 0 bridgehead atoms. The Morgan fingerprint density at radius 2 is 1.65 bits per heavy atom. The van der Waals surface area contributed by atoms with Gasteiger partial charge in [-0.05, 0) is 38.2 Å². The van der Waals surface area contributed by atoms with Crippen LogP contribution in [0.4, 0.5) is 9.80 Å². The molecular weight excluding hydrogens is 486 g/mol. The molecule has 0 spiro atoms. The molecule has 4 rings (SSSR count). The van der Waals surface area contributed by atoms with Crippen LogP contribution in [0.3, 0.4) is 0 Å². The van der Waals surface area contributed by atoms with Crippen molar-refractivity contribution in [2.24, 2.45) is 0 Å². The van der Waals surface area contributed by atoms with Crippen LogP contribution in [-0.2, 0) is 9.47 Å². The van der Waals surface area contributed by atoms with Crippen molar-refractivity contribution >= 4 is 50.3 Å². The van der Waals surface area contributed by atoms with E-state index in [1.54, 1.807) is 0 Å². The lowest BCUT2D eigenvalue weighted by Gasteiger charge is -2.14. The van der Waals surface area contributed by atoms with E-state index in [0.29, 0.717) is 0 Å². The average molecular weight is 502 g/mol. The molecule has 3 aromatic rings. The molecule has 31 heavy (non-hydrogen) atoms. The fraction of sp³-hybridized carbons (Fsp3) is 0.136. The van der Waals surface area contributed by atoms with Crippen LogP contribution in [0.2, 0.25) is 0 Å². The van der Waals surface area contributed by atoms with Crippen molar-refractivity contribution in [3.05, 3.63) is 74.6 Å². The normalized spacial score (nSPS) is 12.1. The van der Waals surface area contributed by atoms with Crippen LogP contribution < -0.4 is 5.32 Å². The third-order valence-corrected chi connectivity index (χ3v) is 7.14. The number of carbonyl (C=O) groups excluding carboxylic acids is 2. The monoisotopic (exact) mass is 501 g/mol. The van der Waals surface area contributed by atoms with Gasteiger partial charge >= 0.3 is 18.0 Å². The van der Waals surface area contributed by atoms with Crippen molar-refractivity contribution in [3.63, 3.8) is 0 Å². The van der Waals surface area contributed by atoms with Crippen LogP contribution in [0.1, 0.15) is 37.1 Å². The number of rotatable bonds is 5. The van der Waals surface area contributed by atoms with Gasteiger partial charge in [0.1, 0.15) is 22.0 Å². The fourth-order valence-electron chi connectivity index (χ4n) is 3.65. The number of hydrogen-bond acceptors (Lipinski definition) is 6. The molecule has 1 amide bonds. The maximum atomic E-state index is 12.5. The van der Waals surface area contributed by atoms with Crippen molar-refractivity contribution < 1.29 is 29.0 Å². The molecule has 1 aliphatic rings. The summed E-state index contributed by atoms with van der Waals surface area (Å²) < 4.78 is 10.2. The zero-order valence-electron chi connectivity index (χ0n) is 16.2. The van der Waals surface area contributed by atoms with Crippen LogP contribution in [-0.4, -0.2) is 36.9 Å². The van der Waals surface area contributed by atoms with E-state index < -0.39 is 18.0 Å². The highest BCUT2D eigenvalue weighted by atomic mass is 79.9. The van der Waals surface area contributed by atoms with E-state index in [1.165, 1.54) is 7.11 Å². The van der Waals surface area contributed by atoms with Gasteiger partial charge in [0.2, 0.25) is 0 Å². The van der Waals surface area contributed by atoms with Gasteiger partial charge in [0.25, 0.3) is 0 Å². The zero-order valence-corrected chi connectivity index (χ0v) is 18.6. The molecule has 2 aromatic carbocycles. The van der Waals surface area contributed by atoms with Crippen LogP contribution >= 0.6 is 27.3 Å². The molecule has 0 unspecified atom stereocenters. The van der Waals surface area contributed by atoms with Gasteiger partial charge in [-0.15, -0.1) is 11.3 Å². The van der Waals surface area contributed by atoms with Gasteiger partial charge in [-0.3, -0.25) is 5.32 Å². The Morgan fingerprint density at radius 3 is 2.19 bits per heavy atom. The minimum absolute atomic E-state index is 0.0355. The molecule has 1 aromatic heterocycles. The molecule has 0 radical (unpaired) electrons. The van der Waals surface area contributed by atoms with E-state index in [4.69, 9.17) is 9.47 Å². The SMILES string of the molecule is COC(=O)c1c(NC(=O)OCC2c3ccccc3-c3ccccc32)sc(C(=O)O)c1Br. The Labute approximate surface area is 189 Å². The van der Waals surface area contributed by atoms with Gasteiger partial charge in [0, 0.05) is 5.92 Å². The van der Waals surface area contributed by atoms with Gasteiger partial charge in [-0.25, -0.2) is 14.4 Å². The second-order valence-corrected chi connectivity index (χ2v) is 8.51. The van der Waals surface area contributed by atoms with Crippen molar-refractivity contribution in [1.82, 2.24) is 0 Å². The highest BCUT2D eigenvalue weighted by molar-refractivity contribution is 9.10. The molecule has 2 N–H and O–H groups in total. The smallest absolute Gasteiger partial charge is 0.412 e. The predicted molar refractivity (Wildman–Crippen MR) is 119 cm³/mol. The number of carboxylic acid groups (broad SMARTS) is 1. The molecule has 9 heteroatoms. The Kier molecular flexibility index (Phi) is 5.79. The maximum Gasteiger partial charge on any atom is 0.412 e. The molecule has 1 heterocycles. The standard InChI is InChI=1S/C22H16BrNO6S/c1-29-21(27)16-17(23)18(20(25)26)31-19(16)24-22(28)30-10-15-13-8-4-2-6-11(13)12-7-3-5-9-14(12)15/h2-9,15H,10H2,1H3,(H,24,28)(H,25,26). The number of esters is 1. The lowest BCUT2D eigenvalue weighted by Crippen LogP contribution is -2.18. The van der Waals surface area contributed by atoms with Gasteiger partial charge in [-0.2, -0.15) is 0 Å². The first-order valence-electron chi connectivity index (χ1n) is 9.18. The average Bonchev–Trinajstić information content (AvgIpc) is 3.26. The first-order valence-corrected chi connectivity index (χ1v) is 10.8. The van der Waals surface area contributed by atoms with Crippen molar-refractivity contribution in [2.75, 3.05) is 19.0 Å².